The number of hydrogen-bond donors (Lipinski definition) is 1. The summed E-state index contributed by atoms with van der Waals surface area (Å²) in [7, 11) is 0. The Kier molecular flexibility index (Phi) is 1.76. The molecule has 0 aromatic carbocycles. The molecule has 0 aliphatic rings. The minimum absolute atomic E-state index is 0.602. The summed E-state index contributed by atoms with van der Waals surface area (Å²) in [4.78, 5) is 3.19. The first-order chi connectivity index (χ1) is 2.27. The number of aliphatic hydroxyl groups excluding tert-OH is 1. The molecule has 5 heavy (non-hydrogen) atoms. The standard InChI is InChI=1S/C3H7NO/c1-3(5)4-2/h3,5H,2H2,1H3. The Hall–Kier alpha value is -0.370. The second-order valence-corrected chi connectivity index (χ2v) is 0.814. The molecule has 0 heterocycles. The first-order valence-electron chi connectivity index (χ1n) is 1.41. The zero-order valence-electron chi connectivity index (χ0n) is 3.18. The second kappa shape index (κ2) is 1.91. The molecule has 0 rings (SSSR count). The van der Waals surface area contributed by atoms with Crippen molar-refractivity contribution in [2.75, 3.05) is 0 Å². The van der Waals surface area contributed by atoms with Crippen LogP contribution in [0.15, 0.2) is 4.99 Å². The number of aliphatic hydroxyl groups is 1. The fourth-order valence-corrected chi connectivity index (χ4v) is 0. The molecule has 30 valence electrons. The molecule has 0 aliphatic carbocycles. The lowest BCUT2D eigenvalue weighted by molar-refractivity contribution is 0.207. The fourth-order valence-electron chi connectivity index (χ4n) is 0. The van der Waals surface area contributed by atoms with Crippen LogP contribution in [0.1, 0.15) is 6.92 Å². The number of nitrogens with zero attached hydrogens (tertiary/aromatic N) is 1. The Bertz CT molecular complexity index is 33.9. The van der Waals surface area contributed by atoms with E-state index in [1.807, 2.05) is 0 Å². The van der Waals surface area contributed by atoms with E-state index < -0.39 is 6.23 Å². The summed E-state index contributed by atoms with van der Waals surface area (Å²) in [6.45, 7) is 4.61. The predicted molar refractivity (Wildman–Crippen MR) is 21.2 cm³/mol. The minimum Gasteiger partial charge on any atom is -0.372 e. The maximum absolute atomic E-state index is 8.13. The number of aliphatic imine (C=N–C) groups is 1. The lowest BCUT2D eigenvalue weighted by Crippen LogP contribution is -1.89. The van der Waals surface area contributed by atoms with Gasteiger partial charge in [0, 0.05) is 0 Å². The SMILES string of the molecule is C=NC(C)O. The van der Waals surface area contributed by atoms with E-state index >= 15 is 0 Å². The Morgan fingerprint density at radius 3 is 2.20 bits per heavy atom. The van der Waals surface area contributed by atoms with Gasteiger partial charge in [0.25, 0.3) is 0 Å². The minimum atomic E-state index is -0.602. The first kappa shape index (κ1) is 4.63. The maximum Gasteiger partial charge on any atom is 0.141 e. The number of hydrogen-bond acceptors (Lipinski definition) is 2. The molecule has 1 N–H and O–H groups in total. The van der Waals surface area contributed by atoms with Gasteiger partial charge in [-0.25, -0.2) is 0 Å². The number of rotatable bonds is 1. The van der Waals surface area contributed by atoms with Gasteiger partial charge in [0.2, 0.25) is 0 Å². The van der Waals surface area contributed by atoms with Gasteiger partial charge in [-0.1, -0.05) is 0 Å². The van der Waals surface area contributed by atoms with Crippen molar-refractivity contribution in [3.63, 3.8) is 0 Å². The van der Waals surface area contributed by atoms with Crippen LogP contribution >= 0.6 is 0 Å². The summed E-state index contributed by atoms with van der Waals surface area (Å²) < 4.78 is 0. The van der Waals surface area contributed by atoms with Crippen molar-refractivity contribution in [3.05, 3.63) is 0 Å². The van der Waals surface area contributed by atoms with Gasteiger partial charge in [-0.15, -0.1) is 0 Å². The van der Waals surface area contributed by atoms with Crippen molar-refractivity contribution in [3.8, 4) is 0 Å². The first-order valence-corrected chi connectivity index (χ1v) is 1.41. The van der Waals surface area contributed by atoms with Gasteiger partial charge in [-0.05, 0) is 13.6 Å². The van der Waals surface area contributed by atoms with E-state index in [2.05, 4.69) is 11.7 Å². The van der Waals surface area contributed by atoms with Crippen LogP contribution in [0.25, 0.3) is 0 Å². The molecule has 0 spiro atoms. The third kappa shape index (κ3) is 3.63. The molecule has 0 aromatic rings. The molecule has 0 amide bonds. The van der Waals surface area contributed by atoms with Crippen LogP contribution in [0.4, 0.5) is 0 Å². The van der Waals surface area contributed by atoms with Crippen LogP contribution < -0.4 is 0 Å². The summed E-state index contributed by atoms with van der Waals surface area (Å²) in [5, 5.41) is 8.13. The van der Waals surface area contributed by atoms with E-state index in [9.17, 15) is 0 Å². The summed E-state index contributed by atoms with van der Waals surface area (Å²) in [6, 6.07) is 0. The van der Waals surface area contributed by atoms with Crippen LogP contribution in [0, 0.1) is 0 Å². The molecule has 0 bridgehead atoms. The predicted octanol–water partition coefficient (Wildman–Crippen LogP) is 0.0253. The molecule has 0 fully saturated rings. The van der Waals surface area contributed by atoms with Crippen molar-refractivity contribution >= 4 is 6.72 Å². The van der Waals surface area contributed by atoms with Crippen LogP contribution in [0.5, 0.6) is 0 Å². The molecule has 0 aromatic heterocycles. The van der Waals surface area contributed by atoms with E-state index in [1.54, 1.807) is 6.92 Å². The highest BCUT2D eigenvalue weighted by atomic mass is 16.3. The third-order valence-electron chi connectivity index (χ3n) is 0.264. The van der Waals surface area contributed by atoms with Gasteiger partial charge >= 0.3 is 0 Å². The van der Waals surface area contributed by atoms with E-state index in [1.165, 1.54) is 0 Å². The lowest BCUT2D eigenvalue weighted by Gasteiger charge is -1.85. The Morgan fingerprint density at radius 2 is 2.20 bits per heavy atom. The van der Waals surface area contributed by atoms with E-state index in [-0.39, 0.29) is 0 Å². The molecule has 0 saturated heterocycles. The Balaban J connectivity index is 2.83. The summed E-state index contributed by atoms with van der Waals surface area (Å²) >= 11 is 0. The zero-order valence-corrected chi connectivity index (χ0v) is 3.18. The quantitative estimate of drug-likeness (QED) is 0.436. The van der Waals surface area contributed by atoms with Crippen LogP contribution in [0.3, 0.4) is 0 Å². The van der Waals surface area contributed by atoms with Crippen LogP contribution in [-0.2, 0) is 0 Å². The van der Waals surface area contributed by atoms with Crippen molar-refractivity contribution in [2.24, 2.45) is 4.99 Å². The highest BCUT2D eigenvalue weighted by molar-refractivity contribution is 5.23. The molecule has 2 heteroatoms. The maximum atomic E-state index is 8.13. The Morgan fingerprint density at radius 1 is 2.00 bits per heavy atom. The molecule has 2 nitrogen and oxygen atoms in total. The van der Waals surface area contributed by atoms with Gasteiger partial charge in [0.05, 0.1) is 0 Å². The van der Waals surface area contributed by atoms with Gasteiger partial charge < -0.3 is 5.11 Å². The molecular weight excluding hydrogens is 66.0 g/mol. The van der Waals surface area contributed by atoms with Crippen LogP contribution in [0.2, 0.25) is 0 Å². The highest BCUT2D eigenvalue weighted by Gasteiger charge is 1.75. The second-order valence-electron chi connectivity index (χ2n) is 0.814. The van der Waals surface area contributed by atoms with Crippen molar-refractivity contribution in [1.29, 1.82) is 0 Å². The lowest BCUT2D eigenvalue weighted by atomic mass is 10.7. The van der Waals surface area contributed by atoms with Crippen molar-refractivity contribution < 1.29 is 5.11 Å². The van der Waals surface area contributed by atoms with Crippen molar-refractivity contribution in [2.45, 2.75) is 13.2 Å². The fraction of sp³-hybridized carbons (Fsp3) is 0.667. The largest absolute Gasteiger partial charge is 0.372 e. The molecular formula is C3H7NO. The molecule has 0 radical (unpaired) electrons. The zero-order chi connectivity index (χ0) is 4.28. The van der Waals surface area contributed by atoms with E-state index in [0.29, 0.717) is 0 Å². The average Bonchev–Trinajstić information content (AvgIpc) is 1.38. The smallest absolute Gasteiger partial charge is 0.141 e. The third-order valence-corrected chi connectivity index (χ3v) is 0.264. The molecule has 1 unspecified atom stereocenters. The van der Waals surface area contributed by atoms with Gasteiger partial charge in [-0.2, -0.15) is 0 Å². The van der Waals surface area contributed by atoms with Crippen molar-refractivity contribution in [1.82, 2.24) is 0 Å². The Labute approximate surface area is 31.2 Å². The topological polar surface area (TPSA) is 32.6 Å². The summed E-state index contributed by atoms with van der Waals surface area (Å²) in [5.41, 5.74) is 0. The molecule has 1 atom stereocenters. The normalized spacial score (nSPS) is 14.0. The monoisotopic (exact) mass is 73.1 g/mol. The average molecular weight is 73.1 g/mol. The van der Waals surface area contributed by atoms with Gasteiger partial charge in [0.15, 0.2) is 0 Å². The van der Waals surface area contributed by atoms with E-state index in [0.717, 1.165) is 0 Å². The van der Waals surface area contributed by atoms with E-state index in [4.69, 9.17) is 5.11 Å². The molecule has 0 saturated carbocycles. The van der Waals surface area contributed by atoms with Gasteiger partial charge in [-0.3, -0.25) is 4.99 Å². The summed E-state index contributed by atoms with van der Waals surface area (Å²) in [5.74, 6) is 0. The van der Waals surface area contributed by atoms with Crippen LogP contribution in [-0.4, -0.2) is 18.1 Å². The highest BCUT2D eigenvalue weighted by Crippen LogP contribution is 1.71. The summed E-state index contributed by atoms with van der Waals surface area (Å²) in [6.07, 6.45) is -0.602. The van der Waals surface area contributed by atoms with Gasteiger partial charge in [0.1, 0.15) is 6.23 Å². The molecule has 0 aliphatic heterocycles.